The van der Waals surface area contributed by atoms with E-state index < -0.39 is 25.3 Å². The van der Waals surface area contributed by atoms with Crippen LogP contribution in [-0.4, -0.2) is 57.9 Å². The van der Waals surface area contributed by atoms with Gasteiger partial charge in [-0.25, -0.2) is 8.42 Å². The van der Waals surface area contributed by atoms with Crippen molar-refractivity contribution in [2.24, 2.45) is 0 Å². The predicted octanol–water partition coefficient (Wildman–Crippen LogP) is 0.341. The lowest BCUT2D eigenvalue weighted by atomic mass is 10.4. The summed E-state index contributed by atoms with van der Waals surface area (Å²) in [5, 5.41) is -0.681. The number of rotatable bonds is 4. The van der Waals surface area contributed by atoms with Gasteiger partial charge in [0, 0.05) is 27.2 Å². The standard InChI is InChI=1S/C12H18N2O4S2/c1-13(2)20(17,18)14-9-8-12(10-14)19(15,16)11-6-4-3-5-7-11/h3-7,12H,8-10H2,1-2H3. The van der Waals surface area contributed by atoms with E-state index in [0.29, 0.717) is 6.42 Å². The predicted molar refractivity (Wildman–Crippen MR) is 76.2 cm³/mol. The Labute approximate surface area is 120 Å². The third-order valence-corrected chi connectivity index (χ3v) is 7.50. The molecular weight excluding hydrogens is 300 g/mol. The van der Waals surface area contributed by atoms with Crippen molar-refractivity contribution < 1.29 is 16.8 Å². The molecule has 20 heavy (non-hydrogen) atoms. The fraction of sp³-hybridized carbons (Fsp3) is 0.500. The van der Waals surface area contributed by atoms with Crippen LogP contribution in [-0.2, 0) is 20.0 Å². The van der Waals surface area contributed by atoms with Crippen LogP contribution < -0.4 is 0 Å². The Hall–Kier alpha value is -0.960. The number of nitrogens with zero attached hydrogens (tertiary/aromatic N) is 2. The van der Waals surface area contributed by atoms with Crippen molar-refractivity contribution in [3.05, 3.63) is 30.3 Å². The van der Waals surface area contributed by atoms with Crippen molar-refractivity contribution in [1.82, 2.24) is 8.61 Å². The molecule has 0 radical (unpaired) electrons. The van der Waals surface area contributed by atoms with E-state index in [4.69, 9.17) is 0 Å². The molecule has 1 aliphatic rings. The lowest BCUT2D eigenvalue weighted by Crippen LogP contribution is -2.39. The van der Waals surface area contributed by atoms with E-state index in [-0.39, 0.29) is 18.0 Å². The van der Waals surface area contributed by atoms with Crippen molar-refractivity contribution in [1.29, 1.82) is 0 Å². The molecule has 112 valence electrons. The largest absolute Gasteiger partial charge is 0.281 e. The minimum Gasteiger partial charge on any atom is -0.223 e. The molecule has 0 aliphatic carbocycles. The zero-order valence-corrected chi connectivity index (χ0v) is 13.1. The fourth-order valence-electron chi connectivity index (χ4n) is 2.19. The van der Waals surface area contributed by atoms with Crippen molar-refractivity contribution in [3.63, 3.8) is 0 Å². The van der Waals surface area contributed by atoms with Crippen molar-refractivity contribution >= 4 is 20.0 Å². The van der Waals surface area contributed by atoms with Crippen LogP contribution in [0.1, 0.15) is 6.42 Å². The Bertz CT molecular complexity index is 669. The molecule has 0 saturated carbocycles. The minimum absolute atomic E-state index is 0.0116. The monoisotopic (exact) mass is 318 g/mol. The van der Waals surface area contributed by atoms with Gasteiger partial charge in [-0.2, -0.15) is 17.0 Å². The first-order chi connectivity index (χ1) is 9.26. The van der Waals surface area contributed by atoms with E-state index in [9.17, 15) is 16.8 Å². The maximum Gasteiger partial charge on any atom is 0.281 e. The second-order valence-corrected chi connectivity index (χ2v) is 9.29. The zero-order chi connectivity index (χ0) is 15.0. The molecule has 2 rings (SSSR count). The average molecular weight is 318 g/mol. The highest BCUT2D eigenvalue weighted by Crippen LogP contribution is 2.25. The van der Waals surface area contributed by atoms with Crippen LogP contribution in [0, 0.1) is 0 Å². The average Bonchev–Trinajstić information content (AvgIpc) is 2.90. The molecule has 0 bridgehead atoms. The molecule has 1 heterocycles. The molecule has 0 aromatic heterocycles. The smallest absolute Gasteiger partial charge is 0.223 e. The molecular formula is C12H18N2O4S2. The molecule has 1 atom stereocenters. The lowest BCUT2D eigenvalue weighted by molar-refractivity contribution is 0.421. The molecule has 1 aromatic rings. The minimum atomic E-state index is -3.55. The lowest BCUT2D eigenvalue weighted by Gasteiger charge is -2.20. The molecule has 0 spiro atoms. The van der Waals surface area contributed by atoms with Crippen LogP contribution >= 0.6 is 0 Å². The summed E-state index contributed by atoms with van der Waals surface area (Å²) in [6, 6.07) is 8.15. The van der Waals surface area contributed by atoms with Crippen LogP contribution in [0.5, 0.6) is 0 Å². The summed E-state index contributed by atoms with van der Waals surface area (Å²) in [6.07, 6.45) is 0.324. The summed E-state index contributed by atoms with van der Waals surface area (Å²) in [5.74, 6) is 0. The summed E-state index contributed by atoms with van der Waals surface area (Å²) >= 11 is 0. The molecule has 0 amide bonds. The zero-order valence-electron chi connectivity index (χ0n) is 11.4. The van der Waals surface area contributed by atoms with Crippen LogP contribution in [0.3, 0.4) is 0 Å². The molecule has 1 aliphatic heterocycles. The van der Waals surface area contributed by atoms with Crippen LogP contribution in [0.2, 0.25) is 0 Å². The number of benzene rings is 1. The molecule has 1 unspecified atom stereocenters. The first-order valence-corrected chi connectivity index (χ1v) is 9.17. The normalized spacial score (nSPS) is 21.4. The van der Waals surface area contributed by atoms with Gasteiger partial charge in [-0.3, -0.25) is 0 Å². The van der Waals surface area contributed by atoms with Crippen LogP contribution in [0.4, 0.5) is 0 Å². The summed E-state index contributed by atoms with van der Waals surface area (Å²) in [7, 11) is -4.15. The maximum atomic E-state index is 12.4. The number of hydrogen-bond donors (Lipinski definition) is 0. The van der Waals surface area contributed by atoms with Gasteiger partial charge in [-0.1, -0.05) is 18.2 Å². The first-order valence-electron chi connectivity index (χ1n) is 6.23. The van der Waals surface area contributed by atoms with Gasteiger partial charge in [0.2, 0.25) is 0 Å². The van der Waals surface area contributed by atoms with E-state index in [0.717, 1.165) is 4.31 Å². The SMILES string of the molecule is CN(C)S(=O)(=O)N1CCC(S(=O)(=O)c2ccccc2)C1. The third-order valence-electron chi connectivity index (χ3n) is 3.41. The second kappa shape index (κ2) is 5.44. The number of sulfone groups is 1. The third kappa shape index (κ3) is 2.73. The van der Waals surface area contributed by atoms with Crippen molar-refractivity contribution in [3.8, 4) is 0 Å². The summed E-state index contributed by atoms with van der Waals surface area (Å²) < 4.78 is 51.2. The van der Waals surface area contributed by atoms with E-state index in [1.807, 2.05) is 0 Å². The van der Waals surface area contributed by atoms with Gasteiger partial charge in [-0.05, 0) is 18.6 Å². The van der Waals surface area contributed by atoms with Crippen molar-refractivity contribution in [2.75, 3.05) is 27.2 Å². The Kier molecular flexibility index (Phi) is 4.19. The van der Waals surface area contributed by atoms with Crippen LogP contribution in [0.25, 0.3) is 0 Å². The maximum absolute atomic E-state index is 12.4. The Morgan fingerprint density at radius 2 is 1.70 bits per heavy atom. The van der Waals surface area contributed by atoms with Crippen molar-refractivity contribution in [2.45, 2.75) is 16.6 Å². The molecule has 6 nitrogen and oxygen atoms in total. The van der Waals surface area contributed by atoms with Gasteiger partial charge in [0.15, 0.2) is 9.84 Å². The van der Waals surface area contributed by atoms with Gasteiger partial charge < -0.3 is 0 Å². The van der Waals surface area contributed by atoms with Gasteiger partial charge in [-0.15, -0.1) is 0 Å². The first kappa shape index (κ1) is 15.4. The quantitative estimate of drug-likeness (QED) is 0.802. The van der Waals surface area contributed by atoms with Gasteiger partial charge in [0.1, 0.15) is 0 Å². The van der Waals surface area contributed by atoms with E-state index in [1.165, 1.54) is 18.4 Å². The van der Waals surface area contributed by atoms with E-state index in [1.54, 1.807) is 30.3 Å². The van der Waals surface area contributed by atoms with E-state index in [2.05, 4.69) is 0 Å². The molecule has 1 aromatic carbocycles. The number of hydrogen-bond acceptors (Lipinski definition) is 4. The Morgan fingerprint density at radius 1 is 1.10 bits per heavy atom. The highest BCUT2D eigenvalue weighted by molar-refractivity contribution is 7.92. The highest BCUT2D eigenvalue weighted by atomic mass is 32.2. The van der Waals surface area contributed by atoms with Crippen LogP contribution in [0.15, 0.2) is 35.2 Å². The summed E-state index contributed by atoms with van der Waals surface area (Å²) in [4.78, 5) is 0.245. The Morgan fingerprint density at radius 3 is 2.25 bits per heavy atom. The summed E-state index contributed by atoms with van der Waals surface area (Å²) in [6.45, 7) is 0.245. The van der Waals surface area contributed by atoms with Gasteiger partial charge in [0.05, 0.1) is 10.1 Å². The van der Waals surface area contributed by atoms with E-state index >= 15 is 0 Å². The molecule has 8 heteroatoms. The molecule has 1 fully saturated rings. The molecule has 0 N–H and O–H groups in total. The Balaban J connectivity index is 2.23. The van der Waals surface area contributed by atoms with Gasteiger partial charge in [0.25, 0.3) is 10.2 Å². The molecule has 1 saturated heterocycles. The van der Waals surface area contributed by atoms with Gasteiger partial charge >= 0.3 is 0 Å². The highest BCUT2D eigenvalue weighted by Gasteiger charge is 2.39. The summed E-state index contributed by atoms with van der Waals surface area (Å²) in [5.41, 5.74) is 0. The topological polar surface area (TPSA) is 74.8 Å². The second-order valence-electron chi connectivity index (χ2n) is 4.92. The fourth-order valence-corrected chi connectivity index (χ4v) is 5.17.